The molecule has 0 aromatic carbocycles. The highest BCUT2D eigenvalue weighted by atomic mass is 16.4. The molecule has 108 valence electrons. The topological polar surface area (TPSA) is 57.6 Å². The van der Waals surface area contributed by atoms with Gasteiger partial charge in [-0.2, -0.15) is 0 Å². The van der Waals surface area contributed by atoms with Crippen LogP contribution in [0.25, 0.3) is 0 Å². The second-order valence-electron chi connectivity index (χ2n) is 6.72. The molecule has 2 aliphatic rings. The summed E-state index contributed by atoms with van der Waals surface area (Å²) in [5, 5.41) is 8.99. The van der Waals surface area contributed by atoms with Crippen molar-refractivity contribution in [2.24, 2.45) is 17.3 Å². The van der Waals surface area contributed by atoms with Gasteiger partial charge in [-0.1, -0.05) is 26.7 Å². The zero-order valence-electron chi connectivity index (χ0n) is 12.0. The number of carbonyl (C=O) groups is 2. The minimum atomic E-state index is -0.718. The van der Waals surface area contributed by atoms with Gasteiger partial charge in [-0.15, -0.1) is 0 Å². The first-order valence-electron chi connectivity index (χ1n) is 7.43. The molecule has 0 spiro atoms. The van der Waals surface area contributed by atoms with Crippen LogP contribution in [0.1, 0.15) is 52.4 Å². The second kappa shape index (κ2) is 5.51. The molecule has 0 bridgehead atoms. The van der Waals surface area contributed by atoms with Crippen LogP contribution < -0.4 is 0 Å². The van der Waals surface area contributed by atoms with Gasteiger partial charge in [0.2, 0.25) is 5.91 Å². The first-order valence-corrected chi connectivity index (χ1v) is 7.43. The predicted molar refractivity (Wildman–Crippen MR) is 72.7 cm³/mol. The van der Waals surface area contributed by atoms with Crippen LogP contribution in [0.15, 0.2) is 0 Å². The number of nitrogens with zero attached hydrogens (tertiary/aromatic N) is 1. The third-order valence-corrected chi connectivity index (χ3v) is 4.96. The molecule has 4 heteroatoms. The van der Waals surface area contributed by atoms with Crippen molar-refractivity contribution in [1.82, 2.24) is 4.90 Å². The van der Waals surface area contributed by atoms with Crippen LogP contribution in [-0.2, 0) is 9.59 Å². The van der Waals surface area contributed by atoms with E-state index in [9.17, 15) is 9.59 Å². The summed E-state index contributed by atoms with van der Waals surface area (Å²) in [4.78, 5) is 25.5. The average molecular weight is 267 g/mol. The number of carboxylic acid groups (broad SMARTS) is 1. The lowest BCUT2D eigenvalue weighted by Crippen LogP contribution is -2.47. The van der Waals surface area contributed by atoms with Gasteiger partial charge in [0.25, 0.3) is 0 Å². The Bertz CT molecular complexity index is 356. The van der Waals surface area contributed by atoms with Crippen LogP contribution in [0.2, 0.25) is 0 Å². The number of likely N-dealkylation sites (tertiary alicyclic amines) is 1. The van der Waals surface area contributed by atoms with E-state index < -0.39 is 5.97 Å². The molecule has 1 atom stereocenters. The van der Waals surface area contributed by atoms with Gasteiger partial charge in [-0.05, 0) is 31.1 Å². The van der Waals surface area contributed by atoms with Crippen molar-refractivity contribution in [3.8, 4) is 0 Å². The second-order valence-corrected chi connectivity index (χ2v) is 6.72. The molecule has 2 rings (SSSR count). The smallest absolute Gasteiger partial charge is 0.306 e. The molecule has 1 N–H and O–H groups in total. The lowest BCUT2D eigenvalue weighted by Gasteiger charge is -2.41. The Morgan fingerprint density at radius 2 is 1.74 bits per heavy atom. The molecule has 0 aromatic rings. The van der Waals surface area contributed by atoms with Crippen molar-refractivity contribution in [1.29, 1.82) is 0 Å². The van der Waals surface area contributed by atoms with Gasteiger partial charge in [0, 0.05) is 19.0 Å². The van der Waals surface area contributed by atoms with Crippen molar-refractivity contribution in [3.63, 3.8) is 0 Å². The molecule has 0 aromatic heterocycles. The third kappa shape index (κ3) is 3.10. The van der Waals surface area contributed by atoms with E-state index in [1.54, 1.807) is 0 Å². The van der Waals surface area contributed by atoms with Crippen LogP contribution >= 0.6 is 0 Å². The molecule has 1 saturated heterocycles. The van der Waals surface area contributed by atoms with Crippen LogP contribution in [0.3, 0.4) is 0 Å². The maximum absolute atomic E-state index is 12.6. The number of aliphatic carboxylic acids is 1. The van der Waals surface area contributed by atoms with Crippen LogP contribution in [0, 0.1) is 17.3 Å². The summed E-state index contributed by atoms with van der Waals surface area (Å²) in [6, 6.07) is 0. The van der Waals surface area contributed by atoms with E-state index in [1.807, 2.05) is 4.90 Å². The van der Waals surface area contributed by atoms with E-state index in [1.165, 1.54) is 6.42 Å². The summed E-state index contributed by atoms with van der Waals surface area (Å²) in [7, 11) is 0. The Kier molecular flexibility index (Phi) is 4.16. The molecular formula is C15H25NO3. The molecule has 4 nitrogen and oxygen atoms in total. The van der Waals surface area contributed by atoms with E-state index in [0.29, 0.717) is 25.9 Å². The molecule has 1 aliphatic carbocycles. The first kappa shape index (κ1) is 14.4. The summed E-state index contributed by atoms with van der Waals surface area (Å²) >= 11 is 0. The first-order chi connectivity index (χ1) is 8.92. The van der Waals surface area contributed by atoms with Crippen molar-refractivity contribution < 1.29 is 14.7 Å². The number of hydrogen-bond donors (Lipinski definition) is 1. The van der Waals surface area contributed by atoms with Gasteiger partial charge in [-0.25, -0.2) is 0 Å². The monoisotopic (exact) mass is 267 g/mol. The molecule has 1 saturated carbocycles. The standard InChI is InChI=1S/C15H25NO3/c1-15(2)8-4-3-5-12(15)13(17)16-9-6-11(7-10-16)14(18)19/h11-12H,3-10H2,1-2H3,(H,18,19). The average Bonchev–Trinajstić information content (AvgIpc) is 2.37. The molecular weight excluding hydrogens is 242 g/mol. The van der Waals surface area contributed by atoms with Gasteiger partial charge < -0.3 is 10.0 Å². The Hall–Kier alpha value is -1.06. The van der Waals surface area contributed by atoms with Gasteiger partial charge in [0.1, 0.15) is 0 Å². The lowest BCUT2D eigenvalue weighted by atomic mass is 9.68. The Morgan fingerprint density at radius 1 is 1.11 bits per heavy atom. The minimum Gasteiger partial charge on any atom is -0.481 e. The summed E-state index contributed by atoms with van der Waals surface area (Å²) in [6.07, 6.45) is 5.69. The van der Waals surface area contributed by atoms with Crippen LogP contribution in [0.4, 0.5) is 0 Å². The maximum atomic E-state index is 12.6. The van der Waals surface area contributed by atoms with Gasteiger partial charge in [-0.3, -0.25) is 9.59 Å². The SMILES string of the molecule is CC1(C)CCCCC1C(=O)N1CCC(C(=O)O)CC1. The highest BCUT2D eigenvalue weighted by Crippen LogP contribution is 2.41. The van der Waals surface area contributed by atoms with Crippen LogP contribution in [-0.4, -0.2) is 35.0 Å². The van der Waals surface area contributed by atoms with Gasteiger partial charge in [0.15, 0.2) is 0 Å². The number of rotatable bonds is 2. The lowest BCUT2D eigenvalue weighted by molar-refractivity contribution is -0.149. The molecule has 0 radical (unpaired) electrons. The molecule has 1 amide bonds. The normalized spacial score (nSPS) is 28.1. The molecule has 19 heavy (non-hydrogen) atoms. The Balaban J connectivity index is 1.95. The third-order valence-electron chi connectivity index (χ3n) is 4.96. The maximum Gasteiger partial charge on any atom is 0.306 e. The van der Waals surface area contributed by atoms with Crippen molar-refractivity contribution in [2.45, 2.75) is 52.4 Å². The fourth-order valence-electron chi connectivity index (χ4n) is 3.52. The number of piperidine rings is 1. The minimum absolute atomic E-state index is 0.0962. The summed E-state index contributed by atoms with van der Waals surface area (Å²) in [5.41, 5.74) is 0.0962. The van der Waals surface area contributed by atoms with Crippen molar-refractivity contribution in [3.05, 3.63) is 0 Å². The molecule has 1 aliphatic heterocycles. The summed E-state index contributed by atoms with van der Waals surface area (Å²) in [5.74, 6) is -0.593. The molecule has 2 fully saturated rings. The predicted octanol–water partition coefficient (Wildman–Crippen LogP) is 2.53. The summed E-state index contributed by atoms with van der Waals surface area (Å²) < 4.78 is 0. The van der Waals surface area contributed by atoms with Gasteiger partial charge in [0.05, 0.1) is 5.92 Å². The van der Waals surface area contributed by atoms with E-state index in [-0.39, 0.29) is 23.2 Å². The largest absolute Gasteiger partial charge is 0.481 e. The van der Waals surface area contributed by atoms with Crippen molar-refractivity contribution >= 4 is 11.9 Å². The fraction of sp³-hybridized carbons (Fsp3) is 0.867. The number of carboxylic acids is 1. The highest BCUT2D eigenvalue weighted by molar-refractivity contribution is 5.80. The van der Waals surface area contributed by atoms with Gasteiger partial charge >= 0.3 is 5.97 Å². The van der Waals surface area contributed by atoms with E-state index in [0.717, 1.165) is 19.3 Å². The molecule has 1 unspecified atom stereocenters. The van der Waals surface area contributed by atoms with Crippen molar-refractivity contribution in [2.75, 3.05) is 13.1 Å². The Morgan fingerprint density at radius 3 is 2.26 bits per heavy atom. The number of carbonyl (C=O) groups excluding carboxylic acids is 1. The zero-order valence-corrected chi connectivity index (χ0v) is 12.0. The quantitative estimate of drug-likeness (QED) is 0.836. The zero-order chi connectivity index (χ0) is 14.0. The number of amides is 1. The number of hydrogen-bond acceptors (Lipinski definition) is 2. The van der Waals surface area contributed by atoms with E-state index in [2.05, 4.69) is 13.8 Å². The Labute approximate surface area is 115 Å². The summed E-state index contributed by atoms with van der Waals surface area (Å²) in [6.45, 7) is 5.61. The fourth-order valence-corrected chi connectivity index (χ4v) is 3.52. The highest BCUT2D eigenvalue weighted by Gasteiger charge is 2.40. The van der Waals surface area contributed by atoms with E-state index in [4.69, 9.17) is 5.11 Å². The van der Waals surface area contributed by atoms with E-state index >= 15 is 0 Å². The molecule has 1 heterocycles. The van der Waals surface area contributed by atoms with Crippen LogP contribution in [0.5, 0.6) is 0 Å².